The molecule has 0 aliphatic carbocycles. The van der Waals surface area contributed by atoms with Crippen molar-refractivity contribution >= 4 is 5.97 Å². The Morgan fingerprint density at radius 1 is 1.11 bits per heavy atom. The summed E-state index contributed by atoms with van der Waals surface area (Å²) in [5, 5.41) is 9.02. The average molecular weight is 367 g/mol. The molecule has 2 atom stereocenters. The molecule has 2 aromatic rings. The second-order valence-electron chi connectivity index (χ2n) is 7.45. The Balaban J connectivity index is 1.36. The van der Waals surface area contributed by atoms with Crippen LogP contribution in [-0.2, 0) is 11.3 Å². The molecule has 2 heterocycles. The summed E-state index contributed by atoms with van der Waals surface area (Å²) in [6.45, 7) is 3.28. The summed E-state index contributed by atoms with van der Waals surface area (Å²) in [5.41, 5.74) is 2.35. The van der Waals surface area contributed by atoms with E-state index in [-0.39, 0.29) is 18.4 Å². The minimum atomic E-state index is -0.692. The van der Waals surface area contributed by atoms with E-state index in [2.05, 4.69) is 29.2 Å². The molecule has 142 valence electrons. The van der Waals surface area contributed by atoms with Gasteiger partial charge in [0.25, 0.3) is 0 Å². The molecule has 0 spiro atoms. The van der Waals surface area contributed by atoms with Crippen molar-refractivity contribution < 1.29 is 19.4 Å². The number of aliphatic carboxylic acids is 1. The van der Waals surface area contributed by atoms with Gasteiger partial charge in [0.1, 0.15) is 6.61 Å². The number of hydrogen-bond acceptors (Lipinski definition) is 4. The molecular weight excluding hydrogens is 342 g/mol. The normalized spacial score (nSPS) is 22.4. The van der Waals surface area contributed by atoms with Gasteiger partial charge in [-0.2, -0.15) is 0 Å². The lowest BCUT2D eigenvalue weighted by molar-refractivity contribution is -0.138. The maximum atomic E-state index is 11.0. The fourth-order valence-electron chi connectivity index (χ4n) is 3.99. The third-order valence-electron chi connectivity index (χ3n) is 5.33. The van der Waals surface area contributed by atoms with Crippen molar-refractivity contribution in [2.45, 2.75) is 31.9 Å². The molecule has 0 saturated carbocycles. The second kappa shape index (κ2) is 8.01. The van der Waals surface area contributed by atoms with E-state index in [1.165, 1.54) is 5.56 Å². The van der Waals surface area contributed by atoms with Crippen LogP contribution in [0.1, 0.15) is 36.5 Å². The van der Waals surface area contributed by atoms with Crippen LogP contribution < -0.4 is 9.47 Å². The first-order valence-electron chi connectivity index (χ1n) is 9.59. The molecule has 0 amide bonds. The number of para-hydroxylation sites is 2. The quantitative estimate of drug-likeness (QED) is 0.869. The SMILES string of the molecule is O=C(O)C[C@H]1CCCN(Cc2ccc([C@H]3COc4ccccc4O3)cc2)C1. The molecule has 2 aliphatic heterocycles. The van der Waals surface area contributed by atoms with Crippen LogP contribution in [0, 0.1) is 5.92 Å². The Morgan fingerprint density at radius 2 is 1.89 bits per heavy atom. The van der Waals surface area contributed by atoms with Gasteiger partial charge in [0, 0.05) is 19.5 Å². The van der Waals surface area contributed by atoms with Crippen molar-refractivity contribution in [2.75, 3.05) is 19.7 Å². The summed E-state index contributed by atoms with van der Waals surface area (Å²) in [7, 11) is 0. The van der Waals surface area contributed by atoms with Gasteiger partial charge in [0.05, 0.1) is 0 Å². The van der Waals surface area contributed by atoms with Crippen molar-refractivity contribution in [1.29, 1.82) is 0 Å². The van der Waals surface area contributed by atoms with Crippen LogP contribution in [0.5, 0.6) is 11.5 Å². The number of carboxylic acid groups (broad SMARTS) is 1. The fraction of sp³-hybridized carbons (Fsp3) is 0.409. The molecule has 4 rings (SSSR count). The van der Waals surface area contributed by atoms with E-state index in [0.717, 1.165) is 49.5 Å². The predicted molar refractivity (Wildman–Crippen MR) is 102 cm³/mol. The Bertz CT molecular complexity index is 789. The highest BCUT2D eigenvalue weighted by atomic mass is 16.6. The molecule has 2 aromatic carbocycles. The van der Waals surface area contributed by atoms with Gasteiger partial charge < -0.3 is 14.6 Å². The third-order valence-corrected chi connectivity index (χ3v) is 5.33. The van der Waals surface area contributed by atoms with Gasteiger partial charge in [-0.1, -0.05) is 36.4 Å². The molecule has 1 fully saturated rings. The topological polar surface area (TPSA) is 59.0 Å². The van der Waals surface area contributed by atoms with Crippen LogP contribution >= 0.6 is 0 Å². The van der Waals surface area contributed by atoms with Gasteiger partial charge in [0.2, 0.25) is 0 Å². The minimum absolute atomic E-state index is 0.0936. The number of ether oxygens (including phenoxy) is 2. The summed E-state index contributed by atoms with van der Waals surface area (Å²) >= 11 is 0. The summed E-state index contributed by atoms with van der Waals surface area (Å²) in [4.78, 5) is 13.3. The number of benzene rings is 2. The number of fused-ring (bicyclic) bond motifs is 1. The smallest absolute Gasteiger partial charge is 0.303 e. The van der Waals surface area contributed by atoms with Crippen LogP contribution in [0.2, 0.25) is 0 Å². The van der Waals surface area contributed by atoms with E-state index in [1.54, 1.807) is 0 Å². The standard InChI is InChI=1S/C22H25NO4/c24-22(25)12-17-4-3-11-23(14-17)13-16-7-9-18(10-8-16)21-15-26-19-5-1-2-6-20(19)27-21/h1-2,5-10,17,21H,3-4,11-15H2,(H,24,25)/t17-,21-/m1/s1. The highest BCUT2D eigenvalue weighted by molar-refractivity contribution is 5.67. The highest BCUT2D eigenvalue weighted by Crippen LogP contribution is 2.35. The van der Waals surface area contributed by atoms with Crippen LogP contribution in [0.3, 0.4) is 0 Å². The number of carbonyl (C=O) groups is 1. The van der Waals surface area contributed by atoms with Crippen molar-refractivity contribution in [1.82, 2.24) is 4.90 Å². The molecule has 1 saturated heterocycles. The minimum Gasteiger partial charge on any atom is -0.485 e. The van der Waals surface area contributed by atoms with Gasteiger partial charge in [-0.25, -0.2) is 0 Å². The first-order valence-corrected chi connectivity index (χ1v) is 9.59. The molecular formula is C22H25NO4. The third kappa shape index (κ3) is 4.42. The van der Waals surface area contributed by atoms with E-state index < -0.39 is 5.97 Å². The first kappa shape index (κ1) is 17.9. The highest BCUT2D eigenvalue weighted by Gasteiger charge is 2.23. The number of nitrogens with zero attached hydrogens (tertiary/aromatic N) is 1. The second-order valence-corrected chi connectivity index (χ2v) is 7.45. The Labute approximate surface area is 159 Å². The molecule has 0 aromatic heterocycles. The van der Waals surface area contributed by atoms with Crippen molar-refractivity contribution in [3.8, 4) is 11.5 Å². The van der Waals surface area contributed by atoms with E-state index in [9.17, 15) is 4.79 Å². The zero-order valence-corrected chi connectivity index (χ0v) is 15.3. The average Bonchev–Trinajstić information content (AvgIpc) is 2.68. The molecule has 2 aliphatic rings. The Morgan fingerprint density at radius 3 is 2.67 bits per heavy atom. The predicted octanol–water partition coefficient (Wildman–Crippen LogP) is 3.89. The van der Waals surface area contributed by atoms with E-state index in [1.807, 2.05) is 24.3 Å². The lowest BCUT2D eigenvalue weighted by Crippen LogP contribution is -2.35. The molecule has 27 heavy (non-hydrogen) atoms. The molecule has 5 heteroatoms. The first-order chi connectivity index (χ1) is 13.2. The van der Waals surface area contributed by atoms with Gasteiger partial charge in [-0.15, -0.1) is 0 Å². The number of hydrogen-bond donors (Lipinski definition) is 1. The van der Waals surface area contributed by atoms with Crippen molar-refractivity contribution in [3.05, 3.63) is 59.7 Å². The summed E-state index contributed by atoms with van der Waals surface area (Å²) in [5.74, 6) is 1.16. The van der Waals surface area contributed by atoms with Crippen LogP contribution in [0.4, 0.5) is 0 Å². The van der Waals surface area contributed by atoms with Crippen LogP contribution in [-0.4, -0.2) is 35.7 Å². The van der Waals surface area contributed by atoms with E-state index in [0.29, 0.717) is 6.61 Å². The molecule has 0 unspecified atom stereocenters. The Kier molecular flexibility index (Phi) is 5.30. The zero-order chi connectivity index (χ0) is 18.6. The lowest BCUT2D eigenvalue weighted by Gasteiger charge is -2.32. The van der Waals surface area contributed by atoms with Gasteiger partial charge in [0.15, 0.2) is 17.6 Å². The van der Waals surface area contributed by atoms with E-state index in [4.69, 9.17) is 14.6 Å². The fourth-order valence-corrected chi connectivity index (χ4v) is 3.99. The number of carboxylic acids is 1. The maximum absolute atomic E-state index is 11.0. The van der Waals surface area contributed by atoms with Crippen molar-refractivity contribution in [2.24, 2.45) is 5.92 Å². The number of rotatable bonds is 5. The number of likely N-dealkylation sites (tertiary alicyclic amines) is 1. The molecule has 1 N–H and O–H groups in total. The lowest BCUT2D eigenvalue weighted by atomic mass is 9.94. The van der Waals surface area contributed by atoms with Crippen LogP contribution in [0.15, 0.2) is 48.5 Å². The van der Waals surface area contributed by atoms with Gasteiger partial charge >= 0.3 is 5.97 Å². The Hall–Kier alpha value is -2.53. The zero-order valence-electron chi connectivity index (χ0n) is 15.3. The summed E-state index contributed by atoms with van der Waals surface area (Å²) in [6.07, 6.45) is 2.27. The summed E-state index contributed by atoms with van der Waals surface area (Å²) < 4.78 is 11.9. The van der Waals surface area contributed by atoms with E-state index >= 15 is 0 Å². The largest absolute Gasteiger partial charge is 0.485 e. The summed E-state index contributed by atoms with van der Waals surface area (Å²) in [6, 6.07) is 16.2. The molecule has 0 radical (unpaired) electrons. The molecule has 5 nitrogen and oxygen atoms in total. The van der Waals surface area contributed by atoms with Crippen LogP contribution in [0.25, 0.3) is 0 Å². The van der Waals surface area contributed by atoms with Gasteiger partial charge in [-0.05, 0) is 48.6 Å². The molecule has 0 bridgehead atoms. The van der Waals surface area contributed by atoms with Gasteiger partial charge in [-0.3, -0.25) is 9.69 Å². The number of piperidine rings is 1. The monoisotopic (exact) mass is 367 g/mol. The van der Waals surface area contributed by atoms with Crippen molar-refractivity contribution in [3.63, 3.8) is 0 Å². The maximum Gasteiger partial charge on any atom is 0.303 e.